The van der Waals surface area contributed by atoms with Gasteiger partial charge in [0.2, 0.25) is 5.91 Å². The highest BCUT2D eigenvalue weighted by atomic mass is 32.2. The summed E-state index contributed by atoms with van der Waals surface area (Å²) < 4.78 is 23.4. The van der Waals surface area contributed by atoms with Crippen LogP contribution in [-0.4, -0.2) is 55.9 Å². The first kappa shape index (κ1) is 14.8. The van der Waals surface area contributed by atoms with E-state index in [0.717, 1.165) is 38.8 Å². The minimum atomic E-state index is -3.03. The van der Waals surface area contributed by atoms with E-state index in [1.165, 1.54) is 6.26 Å². The first-order chi connectivity index (χ1) is 8.89. The van der Waals surface area contributed by atoms with Crippen LogP contribution in [0.4, 0.5) is 0 Å². The number of rotatable bonds is 4. The molecule has 1 aliphatic carbocycles. The number of sulfone groups is 1. The van der Waals surface area contributed by atoms with E-state index in [0.29, 0.717) is 6.42 Å². The number of amides is 1. The topological polar surface area (TPSA) is 66.5 Å². The third-order valence-electron chi connectivity index (χ3n) is 4.25. The summed E-state index contributed by atoms with van der Waals surface area (Å²) in [6.07, 6.45) is 5.92. The number of likely N-dealkylation sites (tertiary alicyclic amines) is 1. The average molecular weight is 288 g/mol. The van der Waals surface area contributed by atoms with Crippen LogP contribution in [0.15, 0.2) is 0 Å². The van der Waals surface area contributed by atoms with Crippen LogP contribution >= 0.6 is 0 Å². The molecule has 2 fully saturated rings. The Morgan fingerprint density at radius 3 is 2.42 bits per heavy atom. The van der Waals surface area contributed by atoms with Crippen molar-refractivity contribution >= 4 is 15.7 Å². The summed E-state index contributed by atoms with van der Waals surface area (Å²) in [7, 11) is -3.03. The van der Waals surface area contributed by atoms with Crippen LogP contribution in [0.25, 0.3) is 0 Å². The van der Waals surface area contributed by atoms with Gasteiger partial charge in [-0.3, -0.25) is 4.79 Å². The van der Waals surface area contributed by atoms with Gasteiger partial charge in [-0.15, -0.1) is 0 Å². The number of carbonyl (C=O) groups excluding carboxylic acids is 1. The Kier molecular flexibility index (Phi) is 4.50. The van der Waals surface area contributed by atoms with Crippen LogP contribution < -0.4 is 5.32 Å². The molecule has 1 saturated heterocycles. The Morgan fingerprint density at radius 1 is 1.21 bits per heavy atom. The van der Waals surface area contributed by atoms with Gasteiger partial charge in [0, 0.05) is 25.4 Å². The van der Waals surface area contributed by atoms with Gasteiger partial charge in [-0.25, -0.2) is 8.42 Å². The second kappa shape index (κ2) is 5.79. The molecule has 1 N–H and O–H groups in total. The van der Waals surface area contributed by atoms with E-state index < -0.39 is 9.84 Å². The fourth-order valence-corrected chi connectivity index (χ4v) is 4.64. The average Bonchev–Trinajstić information content (AvgIpc) is 2.97. The van der Waals surface area contributed by atoms with E-state index >= 15 is 0 Å². The second-order valence-electron chi connectivity index (χ2n) is 5.83. The molecule has 0 radical (unpaired) electrons. The number of carbonyl (C=O) groups is 1. The molecular formula is C13H24N2O3S. The van der Waals surface area contributed by atoms with Gasteiger partial charge in [0.05, 0.1) is 11.3 Å². The van der Waals surface area contributed by atoms with E-state index in [1.54, 1.807) is 0 Å². The van der Waals surface area contributed by atoms with Crippen molar-refractivity contribution in [1.82, 2.24) is 10.2 Å². The lowest BCUT2D eigenvalue weighted by molar-refractivity contribution is -0.132. The van der Waals surface area contributed by atoms with Gasteiger partial charge in [-0.2, -0.15) is 0 Å². The predicted octanol–water partition coefficient (Wildman–Crippen LogP) is 0.553. The van der Waals surface area contributed by atoms with E-state index in [-0.39, 0.29) is 23.2 Å². The second-order valence-corrected chi connectivity index (χ2v) is 8.09. The van der Waals surface area contributed by atoms with Crippen LogP contribution in [0.3, 0.4) is 0 Å². The summed E-state index contributed by atoms with van der Waals surface area (Å²) in [6.45, 7) is 3.52. The molecule has 2 aliphatic rings. The molecule has 1 amide bonds. The molecule has 0 aromatic carbocycles. The fraction of sp³-hybridized carbons (Fsp3) is 0.923. The minimum Gasteiger partial charge on any atom is -0.341 e. The van der Waals surface area contributed by atoms with Crippen molar-refractivity contribution in [2.75, 3.05) is 19.3 Å². The van der Waals surface area contributed by atoms with Crippen molar-refractivity contribution < 1.29 is 13.2 Å². The van der Waals surface area contributed by atoms with Gasteiger partial charge < -0.3 is 10.2 Å². The summed E-state index contributed by atoms with van der Waals surface area (Å²) in [5.74, 6) is 0.108. The zero-order valence-electron chi connectivity index (χ0n) is 11.8. The van der Waals surface area contributed by atoms with Gasteiger partial charge in [0.25, 0.3) is 0 Å². The van der Waals surface area contributed by atoms with Crippen LogP contribution in [0, 0.1) is 0 Å². The summed E-state index contributed by atoms with van der Waals surface area (Å²) in [5, 5.41) is 2.91. The molecule has 1 aliphatic heterocycles. The van der Waals surface area contributed by atoms with Gasteiger partial charge in [-0.1, -0.05) is 6.42 Å². The molecule has 3 unspecified atom stereocenters. The molecule has 0 bridgehead atoms. The molecule has 0 spiro atoms. The summed E-state index contributed by atoms with van der Waals surface area (Å²) >= 11 is 0. The quantitative estimate of drug-likeness (QED) is 0.820. The predicted molar refractivity (Wildman–Crippen MR) is 74.7 cm³/mol. The molecule has 0 aromatic heterocycles. The minimum absolute atomic E-state index is 0.0726. The maximum Gasteiger partial charge on any atom is 0.239 e. The Labute approximate surface area is 115 Å². The third-order valence-corrected chi connectivity index (χ3v) is 5.92. The number of nitrogens with one attached hydrogen (secondary N) is 1. The van der Waals surface area contributed by atoms with Gasteiger partial charge in [0.1, 0.15) is 0 Å². The van der Waals surface area contributed by atoms with Crippen molar-refractivity contribution in [3.05, 3.63) is 0 Å². The van der Waals surface area contributed by atoms with E-state index in [2.05, 4.69) is 5.32 Å². The van der Waals surface area contributed by atoms with Crippen LogP contribution in [-0.2, 0) is 14.6 Å². The zero-order chi connectivity index (χ0) is 14.0. The third kappa shape index (κ3) is 3.48. The maximum atomic E-state index is 12.2. The zero-order valence-corrected chi connectivity index (χ0v) is 12.6. The molecule has 110 valence electrons. The molecular weight excluding hydrogens is 264 g/mol. The smallest absolute Gasteiger partial charge is 0.239 e. The lowest BCUT2D eigenvalue weighted by atomic mass is 10.2. The Balaban J connectivity index is 1.94. The first-order valence-electron chi connectivity index (χ1n) is 7.13. The molecule has 0 aromatic rings. The molecule has 6 heteroatoms. The van der Waals surface area contributed by atoms with Gasteiger partial charge >= 0.3 is 0 Å². The van der Waals surface area contributed by atoms with E-state index in [9.17, 15) is 13.2 Å². The van der Waals surface area contributed by atoms with Crippen molar-refractivity contribution in [3.8, 4) is 0 Å². The summed E-state index contributed by atoms with van der Waals surface area (Å²) in [4.78, 5) is 14.1. The van der Waals surface area contributed by atoms with Crippen molar-refractivity contribution in [2.45, 2.75) is 56.4 Å². The van der Waals surface area contributed by atoms with Gasteiger partial charge in [0.15, 0.2) is 9.84 Å². The Hall–Kier alpha value is -0.620. The Morgan fingerprint density at radius 2 is 1.84 bits per heavy atom. The van der Waals surface area contributed by atoms with Crippen molar-refractivity contribution in [3.63, 3.8) is 0 Å². The lowest BCUT2D eigenvalue weighted by Crippen LogP contribution is -2.50. The highest BCUT2D eigenvalue weighted by molar-refractivity contribution is 7.91. The molecule has 1 saturated carbocycles. The SMILES string of the molecule is CC(NC1CCCC1S(C)(=O)=O)C(=O)N1CCCC1. The lowest BCUT2D eigenvalue weighted by Gasteiger charge is -2.26. The number of hydrogen-bond donors (Lipinski definition) is 1. The molecule has 5 nitrogen and oxygen atoms in total. The molecule has 1 heterocycles. The Bertz CT molecular complexity index is 429. The summed E-state index contributed by atoms with van der Waals surface area (Å²) in [5.41, 5.74) is 0. The normalized spacial score (nSPS) is 29.7. The standard InChI is InChI=1S/C13H24N2O3S/c1-10(13(16)15-8-3-4-9-15)14-11-6-5-7-12(11)19(2,17)18/h10-12,14H,3-9H2,1-2H3. The highest BCUT2D eigenvalue weighted by Gasteiger charge is 2.36. The highest BCUT2D eigenvalue weighted by Crippen LogP contribution is 2.25. The summed E-state index contributed by atoms with van der Waals surface area (Å²) in [6, 6.07) is -0.359. The maximum absolute atomic E-state index is 12.2. The number of nitrogens with zero attached hydrogens (tertiary/aromatic N) is 1. The molecule has 19 heavy (non-hydrogen) atoms. The molecule has 3 atom stereocenters. The monoisotopic (exact) mass is 288 g/mol. The van der Waals surface area contributed by atoms with Crippen molar-refractivity contribution in [2.24, 2.45) is 0 Å². The number of hydrogen-bond acceptors (Lipinski definition) is 4. The largest absolute Gasteiger partial charge is 0.341 e. The van der Waals surface area contributed by atoms with Crippen LogP contribution in [0.5, 0.6) is 0 Å². The van der Waals surface area contributed by atoms with Crippen LogP contribution in [0.1, 0.15) is 39.0 Å². The fourth-order valence-electron chi connectivity index (χ4n) is 3.23. The van der Waals surface area contributed by atoms with E-state index in [4.69, 9.17) is 0 Å². The van der Waals surface area contributed by atoms with Crippen molar-refractivity contribution in [1.29, 1.82) is 0 Å². The molecule has 2 rings (SSSR count). The van der Waals surface area contributed by atoms with Gasteiger partial charge in [-0.05, 0) is 32.6 Å². The van der Waals surface area contributed by atoms with E-state index in [1.807, 2.05) is 11.8 Å². The van der Waals surface area contributed by atoms with Crippen LogP contribution in [0.2, 0.25) is 0 Å². The first-order valence-corrected chi connectivity index (χ1v) is 9.09.